The third-order valence-electron chi connectivity index (χ3n) is 4.50. The van der Waals surface area contributed by atoms with Crippen LogP contribution in [-0.2, 0) is 7.05 Å². The molecule has 0 saturated carbocycles. The van der Waals surface area contributed by atoms with Crippen LogP contribution in [0.4, 0.5) is 0 Å². The number of nitrogens with zero attached hydrogens (tertiary/aromatic N) is 4. The molecule has 26 heavy (non-hydrogen) atoms. The van der Waals surface area contributed by atoms with Crippen molar-refractivity contribution in [2.24, 2.45) is 7.05 Å². The van der Waals surface area contributed by atoms with Gasteiger partial charge in [0.2, 0.25) is 0 Å². The van der Waals surface area contributed by atoms with Gasteiger partial charge in [0.25, 0.3) is 5.91 Å². The van der Waals surface area contributed by atoms with Crippen molar-refractivity contribution in [3.05, 3.63) is 54.4 Å². The molecule has 3 rings (SSSR count). The van der Waals surface area contributed by atoms with Gasteiger partial charge in [0.1, 0.15) is 17.1 Å². The molecular weight excluding hydrogens is 328 g/mol. The fourth-order valence-corrected chi connectivity index (χ4v) is 2.98. The second-order valence-electron chi connectivity index (χ2n) is 6.01. The molecule has 0 unspecified atom stereocenters. The first-order valence-corrected chi connectivity index (χ1v) is 8.74. The van der Waals surface area contributed by atoms with Gasteiger partial charge in [0.05, 0.1) is 18.5 Å². The predicted octanol–water partition coefficient (Wildman–Crippen LogP) is 3.37. The average Bonchev–Trinajstić information content (AvgIpc) is 3.28. The number of methoxy groups -OCH3 is 1. The predicted molar refractivity (Wildman–Crippen MR) is 102 cm³/mol. The van der Waals surface area contributed by atoms with Crippen LogP contribution in [0.1, 0.15) is 24.3 Å². The lowest BCUT2D eigenvalue weighted by molar-refractivity contribution is 0.0764. The standard InChI is InChI=1S/C20H24N4O2/c1-5-23(6-2)20(25)19-14-17(18-8-7-13-22(18)3)21-24(19)15-9-11-16(26-4)12-10-15/h7-14H,5-6H2,1-4H3. The van der Waals surface area contributed by atoms with Crippen LogP contribution in [0.5, 0.6) is 5.75 Å². The van der Waals surface area contributed by atoms with Crippen LogP contribution in [-0.4, -0.2) is 45.4 Å². The van der Waals surface area contributed by atoms with E-state index in [4.69, 9.17) is 9.84 Å². The molecule has 1 amide bonds. The Kier molecular flexibility index (Phi) is 5.11. The molecule has 0 bridgehead atoms. The minimum atomic E-state index is -0.0289. The molecule has 0 atom stereocenters. The Balaban J connectivity index is 2.12. The van der Waals surface area contributed by atoms with Gasteiger partial charge in [0, 0.05) is 26.3 Å². The van der Waals surface area contributed by atoms with Crippen LogP contribution in [0.25, 0.3) is 17.1 Å². The summed E-state index contributed by atoms with van der Waals surface area (Å²) < 4.78 is 8.93. The van der Waals surface area contributed by atoms with E-state index in [0.717, 1.165) is 22.8 Å². The summed E-state index contributed by atoms with van der Waals surface area (Å²) in [7, 11) is 3.60. The molecule has 0 aliphatic rings. The lowest BCUT2D eigenvalue weighted by atomic mass is 10.2. The zero-order valence-corrected chi connectivity index (χ0v) is 15.6. The molecule has 0 saturated heterocycles. The van der Waals surface area contributed by atoms with E-state index in [1.165, 1.54) is 0 Å². The number of aromatic nitrogens is 3. The summed E-state index contributed by atoms with van der Waals surface area (Å²) in [5.41, 5.74) is 3.10. The molecule has 6 nitrogen and oxygen atoms in total. The maximum Gasteiger partial charge on any atom is 0.272 e. The van der Waals surface area contributed by atoms with E-state index in [-0.39, 0.29) is 5.91 Å². The zero-order valence-electron chi connectivity index (χ0n) is 15.6. The van der Waals surface area contributed by atoms with Gasteiger partial charge in [-0.25, -0.2) is 4.68 Å². The molecular formula is C20H24N4O2. The highest BCUT2D eigenvalue weighted by Crippen LogP contribution is 2.24. The number of carbonyl (C=O) groups excluding carboxylic acids is 1. The minimum absolute atomic E-state index is 0.0289. The van der Waals surface area contributed by atoms with Gasteiger partial charge in [-0.1, -0.05) is 0 Å². The van der Waals surface area contributed by atoms with Crippen molar-refractivity contribution >= 4 is 5.91 Å². The van der Waals surface area contributed by atoms with Crippen LogP contribution >= 0.6 is 0 Å². The Morgan fingerprint density at radius 2 is 1.85 bits per heavy atom. The van der Waals surface area contributed by atoms with Gasteiger partial charge < -0.3 is 14.2 Å². The maximum absolute atomic E-state index is 13.0. The van der Waals surface area contributed by atoms with Crippen molar-refractivity contribution in [1.82, 2.24) is 19.2 Å². The van der Waals surface area contributed by atoms with Gasteiger partial charge in [0.15, 0.2) is 0 Å². The number of amides is 1. The van der Waals surface area contributed by atoms with Crippen molar-refractivity contribution in [3.63, 3.8) is 0 Å². The third-order valence-corrected chi connectivity index (χ3v) is 4.50. The Morgan fingerprint density at radius 3 is 2.38 bits per heavy atom. The quantitative estimate of drug-likeness (QED) is 0.683. The first-order chi connectivity index (χ1) is 12.6. The molecule has 6 heteroatoms. The highest BCUT2D eigenvalue weighted by atomic mass is 16.5. The lowest BCUT2D eigenvalue weighted by Crippen LogP contribution is -2.32. The summed E-state index contributed by atoms with van der Waals surface area (Å²) >= 11 is 0. The second-order valence-corrected chi connectivity index (χ2v) is 6.01. The normalized spacial score (nSPS) is 10.8. The topological polar surface area (TPSA) is 52.3 Å². The Bertz CT molecular complexity index is 889. The smallest absolute Gasteiger partial charge is 0.272 e. The van der Waals surface area contributed by atoms with E-state index in [1.807, 2.05) is 74.1 Å². The summed E-state index contributed by atoms with van der Waals surface area (Å²) in [6.07, 6.45) is 1.97. The monoisotopic (exact) mass is 352 g/mol. The van der Waals surface area contributed by atoms with Crippen molar-refractivity contribution in [3.8, 4) is 22.8 Å². The summed E-state index contributed by atoms with van der Waals surface area (Å²) in [4.78, 5) is 14.8. The van der Waals surface area contributed by atoms with E-state index in [1.54, 1.807) is 16.7 Å². The number of rotatable bonds is 6. The van der Waals surface area contributed by atoms with Crippen LogP contribution in [0, 0.1) is 0 Å². The summed E-state index contributed by atoms with van der Waals surface area (Å²) in [6, 6.07) is 13.4. The number of benzene rings is 1. The van der Waals surface area contributed by atoms with Crippen LogP contribution < -0.4 is 4.74 Å². The van der Waals surface area contributed by atoms with Gasteiger partial charge in [-0.15, -0.1) is 0 Å². The van der Waals surface area contributed by atoms with E-state index in [0.29, 0.717) is 18.8 Å². The Morgan fingerprint density at radius 1 is 1.15 bits per heavy atom. The van der Waals surface area contributed by atoms with E-state index >= 15 is 0 Å². The fourth-order valence-electron chi connectivity index (χ4n) is 2.98. The lowest BCUT2D eigenvalue weighted by Gasteiger charge is -2.19. The van der Waals surface area contributed by atoms with Crippen LogP contribution in [0.2, 0.25) is 0 Å². The van der Waals surface area contributed by atoms with Crippen molar-refractivity contribution in [2.45, 2.75) is 13.8 Å². The maximum atomic E-state index is 13.0. The fraction of sp³-hybridized carbons (Fsp3) is 0.300. The van der Waals surface area contributed by atoms with E-state index in [9.17, 15) is 4.79 Å². The number of aryl methyl sites for hydroxylation is 1. The first kappa shape index (κ1) is 17.8. The molecule has 0 spiro atoms. The average molecular weight is 352 g/mol. The largest absolute Gasteiger partial charge is 0.497 e. The van der Waals surface area contributed by atoms with E-state index < -0.39 is 0 Å². The van der Waals surface area contributed by atoms with E-state index in [2.05, 4.69) is 0 Å². The molecule has 0 radical (unpaired) electrons. The molecule has 1 aromatic carbocycles. The second kappa shape index (κ2) is 7.47. The van der Waals surface area contributed by atoms with Gasteiger partial charge in [-0.3, -0.25) is 4.79 Å². The number of carbonyl (C=O) groups is 1. The van der Waals surface area contributed by atoms with Crippen molar-refractivity contribution in [2.75, 3.05) is 20.2 Å². The highest BCUT2D eigenvalue weighted by molar-refractivity contribution is 5.94. The molecule has 2 aromatic heterocycles. The molecule has 2 heterocycles. The minimum Gasteiger partial charge on any atom is -0.497 e. The Hall–Kier alpha value is -3.02. The first-order valence-electron chi connectivity index (χ1n) is 8.74. The van der Waals surface area contributed by atoms with Crippen LogP contribution in [0.15, 0.2) is 48.7 Å². The number of ether oxygens (including phenoxy) is 1. The van der Waals surface area contributed by atoms with Gasteiger partial charge in [-0.2, -0.15) is 5.10 Å². The summed E-state index contributed by atoms with van der Waals surface area (Å²) in [5.74, 6) is 0.735. The summed E-state index contributed by atoms with van der Waals surface area (Å²) in [6.45, 7) is 5.27. The zero-order chi connectivity index (χ0) is 18.7. The number of hydrogen-bond acceptors (Lipinski definition) is 3. The molecule has 0 fully saturated rings. The molecule has 136 valence electrons. The van der Waals surface area contributed by atoms with Crippen molar-refractivity contribution in [1.29, 1.82) is 0 Å². The molecule has 3 aromatic rings. The SMILES string of the molecule is CCN(CC)C(=O)c1cc(-c2cccn2C)nn1-c1ccc(OC)cc1. The molecule has 0 aliphatic heterocycles. The molecule has 0 N–H and O–H groups in total. The van der Waals surface area contributed by atoms with Crippen molar-refractivity contribution < 1.29 is 9.53 Å². The highest BCUT2D eigenvalue weighted by Gasteiger charge is 2.22. The molecule has 0 aliphatic carbocycles. The van der Waals surface area contributed by atoms with Crippen LogP contribution in [0.3, 0.4) is 0 Å². The summed E-state index contributed by atoms with van der Waals surface area (Å²) in [5, 5.41) is 4.72. The third kappa shape index (κ3) is 3.22. The van der Waals surface area contributed by atoms with Gasteiger partial charge >= 0.3 is 0 Å². The Labute approximate surface area is 153 Å². The number of hydrogen-bond donors (Lipinski definition) is 0. The van der Waals surface area contributed by atoms with Gasteiger partial charge in [-0.05, 0) is 56.3 Å².